The van der Waals surface area contributed by atoms with Gasteiger partial charge in [-0.2, -0.15) is 5.26 Å². The van der Waals surface area contributed by atoms with Crippen molar-refractivity contribution in [1.82, 2.24) is 5.32 Å². The second kappa shape index (κ2) is 7.17. The fraction of sp³-hybridized carbons (Fsp3) is 0.385. The highest BCUT2D eigenvalue weighted by Crippen LogP contribution is 2.16. The molecule has 2 amide bonds. The van der Waals surface area contributed by atoms with E-state index in [1.165, 1.54) is 0 Å². The summed E-state index contributed by atoms with van der Waals surface area (Å²) in [5, 5.41) is 14.0. The van der Waals surface area contributed by atoms with E-state index < -0.39 is 0 Å². The second-order valence-corrected chi connectivity index (χ2v) is 3.80. The van der Waals surface area contributed by atoms with E-state index in [4.69, 9.17) is 10.00 Å². The van der Waals surface area contributed by atoms with Gasteiger partial charge in [0, 0.05) is 17.8 Å². The summed E-state index contributed by atoms with van der Waals surface area (Å²) >= 11 is 0. The molecule has 0 aromatic heterocycles. The Hall–Kier alpha value is -2.22. The van der Waals surface area contributed by atoms with Crippen molar-refractivity contribution in [2.75, 3.05) is 12.4 Å². The Morgan fingerprint density at radius 2 is 2.33 bits per heavy atom. The van der Waals surface area contributed by atoms with Crippen LogP contribution in [0, 0.1) is 11.3 Å². The predicted molar refractivity (Wildman–Crippen MR) is 69.5 cm³/mol. The number of benzene rings is 1. The van der Waals surface area contributed by atoms with Crippen molar-refractivity contribution in [2.45, 2.75) is 25.8 Å². The van der Waals surface area contributed by atoms with Gasteiger partial charge >= 0.3 is 6.03 Å². The quantitative estimate of drug-likeness (QED) is 0.839. The minimum atomic E-state index is -0.314. The normalized spacial score (nSPS) is 11.2. The van der Waals surface area contributed by atoms with Crippen LogP contribution >= 0.6 is 0 Å². The summed E-state index contributed by atoms with van der Waals surface area (Å²) in [7, 11) is 1.57. The van der Waals surface area contributed by atoms with E-state index in [0.717, 1.165) is 6.42 Å². The number of hydrogen-bond donors (Lipinski definition) is 2. The molecule has 0 heterocycles. The Balaban J connectivity index is 2.56. The van der Waals surface area contributed by atoms with Crippen LogP contribution < -0.4 is 15.4 Å². The van der Waals surface area contributed by atoms with Crippen molar-refractivity contribution in [3.05, 3.63) is 24.3 Å². The average molecular weight is 247 g/mol. The zero-order chi connectivity index (χ0) is 13.4. The summed E-state index contributed by atoms with van der Waals surface area (Å²) in [6.45, 7) is 1.92. The Morgan fingerprint density at radius 1 is 1.56 bits per heavy atom. The van der Waals surface area contributed by atoms with Gasteiger partial charge in [0.25, 0.3) is 0 Å². The Labute approximate surface area is 107 Å². The topological polar surface area (TPSA) is 74.2 Å². The first-order chi connectivity index (χ1) is 8.69. The first kappa shape index (κ1) is 13.8. The average Bonchev–Trinajstić information content (AvgIpc) is 2.38. The van der Waals surface area contributed by atoms with Gasteiger partial charge in [-0.25, -0.2) is 4.79 Å². The number of hydrogen-bond acceptors (Lipinski definition) is 3. The third-order valence-corrected chi connectivity index (χ3v) is 2.49. The molecule has 1 unspecified atom stereocenters. The number of urea groups is 1. The predicted octanol–water partition coefficient (Wildman–Crippen LogP) is 2.51. The lowest BCUT2D eigenvalue weighted by Gasteiger charge is -2.14. The van der Waals surface area contributed by atoms with Gasteiger partial charge in [-0.05, 0) is 18.6 Å². The smallest absolute Gasteiger partial charge is 0.319 e. The molecule has 0 radical (unpaired) electrons. The maximum Gasteiger partial charge on any atom is 0.319 e. The maximum atomic E-state index is 11.7. The minimum Gasteiger partial charge on any atom is -0.497 e. The molecule has 1 aromatic carbocycles. The molecular weight excluding hydrogens is 230 g/mol. The van der Waals surface area contributed by atoms with Crippen LogP contribution in [-0.4, -0.2) is 19.2 Å². The molecule has 0 aliphatic heterocycles. The van der Waals surface area contributed by atoms with Crippen LogP contribution in [0.5, 0.6) is 5.75 Å². The number of carbonyl (C=O) groups is 1. The van der Waals surface area contributed by atoms with Gasteiger partial charge in [0.15, 0.2) is 0 Å². The highest BCUT2D eigenvalue weighted by atomic mass is 16.5. The molecule has 0 aliphatic rings. The van der Waals surface area contributed by atoms with E-state index in [1.807, 2.05) is 13.0 Å². The van der Waals surface area contributed by atoms with Gasteiger partial charge in [0.1, 0.15) is 5.75 Å². The van der Waals surface area contributed by atoms with Crippen molar-refractivity contribution in [3.8, 4) is 11.8 Å². The molecule has 5 nitrogen and oxygen atoms in total. The number of carbonyl (C=O) groups excluding carboxylic acids is 1. The van der Waals surface area contributed by atoms with Gasteiger partial charge in [-0.1, -0.05) is 13.0 Å². The number of nitriles is 1. The van der Waals surface area contributed by atoms with E-state index in [0.29, 0.717) is 17.9 Å². The number of rotatable bonds is 5. The van der Waals surface area contributed by atoms with Crippen molar-refractivity contribution in [3.63, 3.8) is 0 Å². The van der Waals surface area contributed by atoms with Gasteiger partial charge in [-0.3, -0.25) is 0 Å². The first-order valence-corrected chi connectivity index (χ1v) is 5.78. The van der Waals surface area contributed by atoms with Gasteiger partial charge in [0.05, 0.1) is 19.6 Å². The molecule has 0 aliphatic carbocycles. The summed E-state index contributed by atoms with van der Waals surface area (Å²) in [4.78, 5) is 11.7. The molecule has 1 aromatic rings. The summed E-state index contributed by atoms with van der Waals surface area (Å²) in [5.41, 5.74) is 0.652. The zero-order valence-corrected chi connectivity index (χ0v) is 10.6. The SMILES string of the molecule is CCC(CC#N)NC(=O)Nc1cccc(OC)c1. The molecule has 0 saturated heterocycles. The van der Waals surface area contributed by atoms with Crippen LogP contribution in [0.4, 0.5) is 10.5 Å². The largest absolute Gasteiger partial charge is 0.497 e. The lowest BCUT2D eigenvalue weighted by molar-refractivity contribution is 0.248. The summed E-state index contributed by atoms with van der Waals surface area (Å²) < 4.78 is 5.06. The van der Waals surface area contributed by atoms with E-state index in [2.05, 4.69) is 10.6 Å². The molecular formula is C13H17N3O2. The second-order valence-electron chi connectivity index (χ2n) is 3.80. The van der Waals surface area contributed by atoms with Crippen LogP contribution in [0.1, 0.15) is 19.8 Å². The van der Waals surface area contributed by atoms with Crippen LogP contribution in [0.25, 0.3) is 0 Å². The van der Waals surface area contributed by atoms with Gasteiger partial charge in [-0.15, -0.1) is 0 Å². The molecule has 0 fully saturated rings. The molecule has 96 valence electrons. The number of anilines is 1. The number of ether oxygens (including phenoxy) is 1. The zero-order valence-electron chi connectivity index (χ0n) is 10.6. The lowest BCUT2D eigenvalue weighted by Crippen LogP contribution is -2.37. The van der Waals surface area contributed by atoms with Gasteiger partial charge < -0.3 is 15.4 Å². The van der Waals surface area contributed by atoms with Crippen LogP contribution in [0.3, 0.4) is 0 Å². The molecule has 0 spiro atoms. The van der Waals surface area contributed by atoms with Crippen molar-refractivity contribution in [2.24, 2.45) is 0 Å². The molecule has 5 heteroatoms. The molecule has 0 saturated carbocycles. The summed E-state index contributed by atoms with van der Waals surface area (Å²) in [6.07, 6.45) is 1.03. The molecule has 18 heavy (non-hydrogen) atoms. The maximum absolute atomic E-state index is 11.7. The lowest BCUT2D eigenvalue weighted by atomic mass is 10.2. The fourth-order valence-corrected chi connectivity index (χ4v) is 1.46. The standard InChI is InChI=1S/C13H17N3O2/c1-3-10(7-8-14)15-13(17)16-11-5-4-6-12(9-11)18-2/h4-6,9-10H,3,7H2,1-2H3,(H2,15,16,17). The first-order valence-electron chi connectivity index (χ1n) is 5.78. The van der Waals surface area contributed by atoms with Crippen LogP contribution in [0.15, 0.2) is 24.3 Å². The van der Waals surface area contributed by atoms with Crippen molar-refractivity contribution < 1.29 is 9.53 Å². The van der Waals surface area contributed by atoms with Crippen LogP contribution in [0.2, 0.25) is 0 Å². The fourth-order valence-electron chi connectivity index (χ4n) is 1.46. The third-order valence-electron chi connectivity index (χ3n) is 2.49. The molecule has 1 atom stereocenters. The number of nitrogens with zero attached hydrogens (tertiary/aromatic N) is 1. The highest BCUT2D eigenvalue weighted by Gasteiger charge is 2.09. The Morgan fingerprint density at radius 3 is 2.94 bits per heavy atom. The van der Waals surface area contributed by atoms with E-state index in [1.54, 1.807) is 31.4 Å². The Bertz CT molecular complexity index is 440. The highest BCUT2D eigenvalue weighted by molar-refractivity contribution is 5.89. The van der Waals surface area contributed by atoms with Crippen LogP contribution in [-0.2, 0) is 0 Å². The number of amides is 2. The number of nitrogens with one attached hydrogen (secondary N) is 2. The van der Waals surface area contributed by atoms with Crippen molar-refractivity contribution in [1.29, 1.82) is 5.26 Å². The van der Waals surface area contributed by atoms with E-state index in [9.17, 15) is 4.79 Å². The number of methoxy groups -OCH3 is 1. The van der Waals surface area contributed by atoms with E-state index >= 15 is 0 Å². The monoisotopic (exact) mass is 247 g/mol. The van der Waals surface area contributed by atoms with E-state index in [-0.39, 0.29) is 12.1 Å². The third kappa shape index (κ3) is 4.34. The molecule has 2 N–H and O–H groups in total. The molecule has 0 bridgehead atoms. The molecule has 1 rings (SSSR count). The summed E-state index contributed by atoms with van der Waals surface area (Å²) in [6, 6.07) is 8.69. The van der Waals surface area contributed by atoms with Gasteiger partial charge in [0.2, 0.25) is 0 Å². The van der Waals surface area contributed by atoms with Crippen molar-refractivity contribution >= 4 is 11.7 Å². The Kier molecular flexibility index (Phi) is 5.52. The summed E-state index contributed by atoms with van der Waals surface area (Å²) in [5.74, 6) is 0.678. The minimum absolute atomic E-state index is 0.124.